The van der Waals surface area contributed by atoms with Crippen molar-refractivity contribution < 1.29 is 19.7 Å². The summed E-state index contributed by atoms with van der Waals surface area (Å²) in [7, 11) is 1.62. The second kappa shape index (κ2) is 8.80. The molecule has 0 bridgehead atoms. The van der Waals surface area contributed by atoms with Crippen molar-refractivity contribution in [2.45, 2.75) is 24.5 Å². The summed E-state index contributed by atoms with van der Waals surface area (Å²) in [5.41, 5.74) is 8.91. The summed E-state index contributed by atoms with van der Waals surface area (Å²) in [5.74, 6) is 1.35. The molecule has 5 N–H and O–H groups in total. The fourth-order valence-corrected chi connectivity index (χ4v) is 4.18. The molecule has 4 atom stereocenters. The number of hydrogen-bond donors (Lipinski definition) is 4. The molecule has 170 valence electrons. The van der Waals surface area contributed by atoms with Gasteiger partial charge in [0.05, 0.1) is 12.5 Å². The van der Waals surface area contributed by atoms with E-state index in [1.54, 1.807) is 11.7 Å². The van der Waals surface area contributed by atoms with E-state index < -0.39 is 24.5 Å². The summed E-state index contributed by atoms with van der Waals surface area (Å²) in [6.07, 6.45) is -0.445. The van der Waals surface area contributed by atoms with Gasteiger partial charge in [0, 0.05) is 24.0 Å². The number of fused-ring (bicyclic) bond motifs is 1. The van der Waals surface area contributed by atoms with E-state index in [9.17, 15) is 10.2 Å². The Morgan fingerprint density at radius 2 is 1.82 bits per heavy atom. The SMILES string of the molecule is COc1ccc(-c2cn([C@@H]3O[C@H](CN)[C@H](O)[C@@H]3O)c3ncnc(Nc4ccccc4)c23)cc1. The number of aliphatic hydroxyl groups is 2. The number of aromatic nitrogens is 3. The van der Waals surface area contributed by atoms with Gasteiger partial charge in [-0.15, -0.1) is 0 Å². The molecule has 0 unspecified atom stereocenters. The van der Waals surface area contributed by atoms with Crippen LogP contribution in [0.3, 0.4) is 0 Å². The second-order valence-electron chi connectivity index (χ2n) is 7.87. The van der Waals surface area contributed by atoms with Crippen molar-refractivity contribution in [1.29, 1.82) is 0 Å². The zero-order chi connectivity index (χ0) is 22.9. The van der Waals surface area contributed by atoms with Crippen LogP contribution in [-0.2, 0) is 4.74 Å². The minimum Gasteiger partial charge on any atom is -0.497 e. The van der Waals surface area contributed by atoms with Crippen molar-refractivity contribution >= 4 is 22.5 Å². The Balaban J connectivity index is 1.68. The first-order chi connectivity index (χ1) is 16.1. The number of nitrogens with zero attached hydrogens (tertiary/aromatic N) is 3. The predicted molar refractivity (Wildman–Crippen MR) is 124 cm³/mol. The summed E-state index contributed by atoms with van der Waals surface area (Å²) < 4.78 is 12.9. The largest absolute Gasteiger partial charge is 0.497 e. The standard InChI is InChI=1S/C24H25N5O4/c1-32-16-9-7-14(8-10-16)17-12-29(24-21(31)20(30)18(11-25)33-24)23-19(17)22(26-13-27-23)28-15-5-3-2-4-6-15/h2-10,12-13,18,20-21,24,30-31H,11,25H2,1H3,(H,26,27,28)/t18-,20+,21+,24-/m1/s1. The number of aliphatic hydroxyl groups excluding tert-OH is 2. The van der Waals surface area contributed by atoms with Crippen molar-refractivity contribution in [3.63, 3.8) is 0 Å². The highest BCUT2D eigenvalue weighted by Crippen LogP contribution is 2.39. The number of nitrogens with one attached hydrogen (secondary N) is 1. The molecule has 0 radical (unpaired) electrons. The van der Waals surface area contributed by atoms with Gasteiger partial charge in [-0.25, -0.2) is 9.97 Å². The van der Waals surface area contributed by atoms with E-state index in [0.29, 0.717) is 11.5 Å². The maximum atomic E-state index is 10.7. The van der Waals surface area contributed by atoms with Gasteiger partial charge in [0.2, 0.25) is 0 Å². The van der Waals surface area contributed by atoms with Crippen LogP contribution >= 0.6 is 0 Å². The molecule has 1 aliphatic heterocycles. The van der Waals surface area contributed by atoms with Gasteiger partial charge in [0.1, 0.15) is 41.9 Å². The van der Waals surface area contributed by atoms with Crippen LogP contribution in [0.1, 0.15) is 6.23 Å². The molecular formula is C24H25N5O4. The van der Waals surface area contributed by atoms with Gasteiger partial charge in [0.25, 0.3) is 0 Å². The minimum absolute atomic E-state index is 0.0923. The lowest BCUT2D eigenvalue weighted by atomic mass is 10.1. The van der Waals surface area contributed by atoms with Gasteiger partial charge >= 0.3 is 0 Å². The maximum Gasteiger partial charge on any atom is 0.164 e. The number of hydrogen-bond acceptors (Lipinski definition) is 8. The molecule has 0 saturated carbocycles. The fraction of sp³-hybridized carbons (Fsp3) is 0.250. The third-order valence-corrected chi connectivity index (χ3v) is 5.89. The van der Waals surface area contributed by atoms with Crippen LogP contribution in [-0.4, -0.2) is 56.7 Å². The molecule has 9 nitrogen and oxygen atoms in total. The number of nitrogens with two attached hydrogens (primary N) is 1. The second-order valence-corrected chi connectivity index (χ2v) is 7.87. The summed E-state index contributed by atoms with van der Waals surface area (Å²) in [6, 6.07) is 17.4. The van der Waals surface area contributed by atoms with Crippen molar-refractivity contribution in [2.75, 3.05) is 19.0 Å². The number of methoxy groups -OCH3 is 1. The van der Waals surface area contributed by atoms with Crippen LogP contribution in [0.2, 0.25) is 0 Å². The molecule has 1 fully saturated rings. The van der Waals surface area contributed by atoms with E-state index in [4.69, 9.17) is 15.2 Å². The minimum atomic E-state index is -1.15. The fourth-order valence-electron chi connectivity index (χ4n) is 4.18. The molecule has 9 heteroatoms. The third-order valence-electron chi connectivity index (χ3n) is 5.89. The van der Waals surface area contributed by atoms with Crippen molar-refractivity contribution in [3.8, 4) is 16.9 Å². The van der Waals surface area contributed by atoms with Gasteiger partial charge in [0.15, 0.2) is 6.23 Å². The lowest BCUT2D eigenvalue weighted by molar-refractivity contribution is -0.0318. The highest BCUT2D eigenvalue weighted by molar-refractivity contribution is 6.02. The molecule has 0 amide bonds. The first-order valence-corrected chi connectivity index (χ1v) is 10.6. The van der Waals surface area contributed by atoms with E-state index in [2.05, 4.69) is 15.3 Å². The Bertz CT molecular complexity index is 1250. The topological polar surface area (TPSA) is 128 Å². The number of benzene rings is 2. The van der Waals surface area contributed by atoms with Crippen LogP contribution in [0.4, 0.5) is 11.5 Å². The normalized spacial score (nSPS) is 22.5. The van der Waals surface area contributed by atoms with E-state index in [-0.39, 0.29) is 6.54 Å². The number of ether oxygens (including phenoxy) is 2. The lowest BCUT2D eigenvalue weighted by Gasteiger charge is -2.17. The van der Waals surface area contributed by atoms with Crippen molar-refractivity contribution in [1.82, 2.24) is 14.5 Å². The lowest BCUT2D eigenvalue weighted by Crippen LogP contribution is -2.35. The van der Waals surface area contributed by atoms with Crippen LogP contribution in [0.15, 0.2) is 67.1 Å². The first-order valence-electron chi connectivity index (χ1n) is 10.6. The molecule has 33 heavy (non-hydrogen) atoms. The molecule has 1 aliphatic rings. The number of anilines is 2. The Morgan fingerprint density at radius 1 is 1.06 bits per heavy atom. The molecule has 2 aromatic carbocycles. The molecule has 0 aliphatic carbocycles. The molecule has 3 heterocycles. The van der Waals surface area contributed by atoms with Crippen LogP contribution in [0, 0.1) is 0 Å². The van der Waals surface area contributed by atoms with E-state index >= 15 is 0 Å². The zero-order valence-electron chi connectivity index (χ0n) is 18.0. The Labute approximate surface area is 190 Å². The molecule has 0 spiro atoms. The van der Waals surface area contributed by atoms with Crippen LogP contribution in [0.5, 0.6) is 5.75 Å². The number of para-hydroxylation sites is 1. The molecule has 1 saturated heterocycles. The predicted octanol–water partition coefficient (Wildman–Crippen LogP) is 2.43. The van der Waals surface area contributed by atoms with Gasteiger partial charge in [-0.1, -0.05) is 30.3 Å². The van der Waals surface area contributed by atoms with Crippen LogP contribution < -0.4 is 15.8 Å². The van der Waals surface area contributed by atoms with E-state index in [1.807, 2.05) is 60.8 Å². The van der Waals surface area contributed by atoms with E-state index in [0.717, 1.165) is 28.0 Å². The van der Waals surface area contributed by atoms with Crippen molar-refractivity contribution in [2.24, 2.45) is 5.73 Å². The summed E-state index contributed by atoms with van der Waals surface area (Å²) >= 11 is 0. The molecular weight excluding hydrogens is 422 g/mol. The summed E-state index contributed by atoms with van der Waals surface area (Å²) in [4.78, 5) is 9.00. The average Bonchev–Trinajstić information content (AvgIpc) is 3.38. The summed E-state index contributed by atoms with van der Waals surface area (Å²) in [6.45, 7) is 0.0923. The van der Waals surface area contributed by atoms with Gasteiger partial charge in [-0.2, -0.15) is 0 Å². The third kappa shape index (κ3) is 3.81. The monoisotopic (exact) mass is 447 g/mol. The Morgan fingerprint density at radius 3 is 2.48 bits per heavy atom. The molecule has 5 rings (SSSR count). The Hall–Kier alpha value is -3.50. The zero-order valence-corrected chi connectivity index (χ0v) is 18.0. The van der Waals surface area contributed by atoms with Crippen molar-refractivity contribution in [3.05, 3.63) is 67.1 Å². The van der Waals surface area contributed by atoms with Gasteiger partial charge < -0.3 is 35.3 Å². The summed E-state index contributed by atoms with van der Waals surface area (Å²) in [5, 5.41) is 25.2. The highest BCUT2D eigenvalue weighted by Gasteiger charge is 2.43. The Kier molecular flexibility index (Phi) is 5.69. The first kappa shape index (κ1) is 21.4. The highest BCUT2D eigenvalue weighted by atomic mass is 16.6. The maximum absolute atomic E-state index is 10.7. The smallest absolute Gasteiger partial charge is 0.164 e. The molecule has 4 aromatic rings. The number of rotatable bonds is 6. The molecule has 2 aromatic heterocycles. The quantitative estimate of drug-likeness (QED) is 0.355. The van der Waals surface area contributed by atoms with Crippen LogP contribution in [0.25, 0.3) is 22.2 Å². The van der Waals surface area contributed by atoms with Gasteiger partial charge in [-0.05, 0) is 29.8 Å². The van der Waals surface area contributed by atoms with Gasteiger partial charge in [-0.3, -0.25) is 0 Å². The van der Waals surface area contributed by atoms with E-state index in [1.165, 1.54) is 6.33 Å². The average molecular weight is 447 g/mol.